The number of rotatable bonds is 3. The molecule has 1 heterocycles. The van der Waals surface area contributed by atoms with Crippen LogP contribution in [0.4, 0.5) is 5.69 Å². The fourth-order valence-corrected chi connectivity index (χ4v) is 2.06. The van der Waals surface area contributed by atoms with Crippen molar-refractivity contribution in [2.45, 2.75) is 6.54 Å². The molecular formula is C15H12ClN3. The van der Waals surface area contributed by atoms with Gasteiger partial charge in [0.2, 0.25) is 0 Å². The number of anilines is 1. The minimum atomic E-state index is 0.623. The van der Waals surface area contributed by atoms with Crippen LogP contribution in [0.2, 0.25) is 5.02 Å². The molecule has 3 aromatic rings. The lowest BCUT2D eigenvalue weighted by atomic mass is 10.3. The van der Waals surface area contributed by atoms with Crippen molar-refractivity contribution >= 4 is 28.3 Å². The fraction of sp³-hybridized carbons (Fsp3) is 0.0667. The molecule has 0 bridgehead atoms. The lowest BCUT2D eigenvalue weighted by molar-refractivity contribution is 1.04. The van der Waals surface area contributed by atoms with Crippen LogP contribution in [0, 0.1) is 0 Å². The first-order valence-electron chi connectivity index (χ1n) is 6.01. The Morgan fingerprint density at radius 3 is 2.68 bits per heavy atom. The summed E-state index contributed by atoms with van der Waals surface area (Å²) in [7, 11) is 0. The van der Waals surface area contributed by atoms with E-state index < -0.39 is 0 Å². The van der Waals surface area contributed by atoms with Crippen molar-refractivity contribution in [2.75, 3.05) is 5.32 Å². The molecule has 0 radical (unpaired) electrons. The molecule has 0 aliphatic carbocycles. The van der Waals surface area contributed by atoms with Gasteiger partial charge < -0.3 is 5.32 Å². The molecular weight excluding hydrogens is 258 g/mol. The maximum absolute atomic E-state index is 5.94. The van der Waals surface area contributed by atoms with Gasteiger partial charge in [0.25, 0.3) is 0 Å². The van der Waals surface area contributed by atoms with Gasteiger partial charge in [0.15, 0.2) is 0 Å². The normalized spacial score (nSPS) is 10.6. The maximum atomic E-state index is 5.94. The van der Waals surface area contributed by atoms with E-state index in [-0.39, 0.29) is 0 Å². The fourth-order valence-electron chi connectivity index (χ4n) is 1.87. The van der Waals surface area contributed by atoms with Gasteiger partial charge in [0, 0.05) is 10.7 Å². The molecule has 0 saturated heterocycles. The van der Waals surface area contributed by atoms with E-state index in [0.717, 1.165) is 27.4 Å². The van der Waals surface area contributed by atoms with Crippen LogP contribution in [0.5, 0.6) is 0 Å². The molecule has 3 nitrogen and oxygen atoms in total. The van der Waals surface area contributed by atoms with E-state index in [2.05, 4.69) is 15.3 Å². The van der Waals surface area contributed by atoms with E-state index in [9.17, 15) is 0 Å². The molecule has 0 aliphatic rings. The molecule has 0 aliphatic heterocycles. The van der Waals surface area contributed by atoms with E-state index in [4.69, 9.17) is 11.6 Å². The topological polar surface area (TPSA) is 37.8 Å². The van der Waals surface area contributed by atoms with Gasteiger partial charge >= 0.3 is 0 Å². The second-order valence-corrected chi connectivity index (χ2v) is 4.65. The highest BCUT2D eigenvalue weighted by Gasteiger charge is 1.99. The summed E-state index contributed by atoms with van der Waals surface area (Å²) < 4.78 is 0. The largest absolute Gasteiger partial charge is 0.379 e. The summed E-state index contributed by atoms with van der Waals surface area (Å²) in [5.41, 5.74) is 3.70. The second kappa shape index (κ2) is 5.24. The van der Waals surface area contributed by atoms with Crippen molar-refractivity contribution in [1.29, 1.82) is 0 Å². The SMILES string of the molecule is Clc1cccc(NCc2cnc3ccccc3n2)c1. The summed E-state index contributed by atoms with van der Waals surface area (Å²) in [6.07, 6.45) is 1.79. The van der Waals surface area contributed by atoms with Gasteiger partial charge in [0.1, 0.15) is 0 Å². The molecule has 0 spiro atoms. The van der Waals surface area contributed by atoms with Gasteiger partial charge in [-0.15, -0.1) is 0 Å². The monoisotopic (exact) mass is 269 g/mol. The Hall–Kier alpha value is -2.13. The third kappa shape index (κ3) is 2.83. The molecule has 0 amide bonds. The van der Waals surface area contributed by atoms with Crippen LogP contribution in [0.1, 0.15) is 5.69 Å². The number of nitrogens with zero attached hydrogens (tertiary/aromatic N) is 2. The van der Waals surface area contributed by atoms with Crippen molar-refractivity contribution in [3.05, 3.63) is 65.4 Å². The minimum absolute atomic E-state index is 0.623. The van der Waals surface area contributed by atoms with Crippen molar-refractivity contribution in [2.24, 2.45) is 0 Å². The van der Waals surface area contributed by atoms with Gasteiger partial charge in [-0.3, -0.25) is 4.98 Å². The molecule has 1 aromatic heterocycles. The van der Waals surface area contributed by atoms with Crippen molar-refractivity contribution in [3.8, 4) is 0 Å². The van der Waals surface area contributed by atoms with E-state index in [1.807, 2.05) is 48.5 Å². The maximum Gasteiger partial charge on any atom is 0.0890 e. The highest BCUT2D eigenvalue weighted by molar-refractivity contribution is 6.30. The average molecular weight is 270 g/mol. The number of aromatic nitrogens is 2. The van der Waals surface area contributed by atoms with Crippen molar-refractivity contribution in [3.63, 3.8) is 0 Å². The molecule has 94 valence electrons. The van der Waals surface area contributed by atoms with Crippen molar-refractivity contribution in [1.82, 2.24) is 9.97 Å². The van der Waals surface area contributed by atoms with Crippen LogP contribution in [0.25, 0.3) is 11.0 Å². The molecule has 1 N–H and O–H groups in total. The second-order valence-electron chi connectivity index (χ2n) is 4.21. The molecule has 4 heteroatoms. The zero-order valence-electron chi connectivity index (χ0n) is 10.2. The third-order valence-electron chi connectivity index (χ3n) is 2.80. The van der Waals surface area contributed by atoms with Crippen LogP contribution < -0.4 is 5.32 Å². The molecule has 0 fully saturated rings. The summed E-state index contributed by atoms with van der Waals surface area (Å²) in [4.78, 5) is 8.94. The van der Waals surface area contributed by atoms with Crippen LogP contribution in [0.3, 0.4) is 0 Å². The first kappa shape index (κ1) is 11.9. The van der Waals surface area contributed by atoms with Crippen LogP contribution in [-0.2, 0) is 6.54 Å². The first-order chi connectivity index (χ1) is 9.31. The van der Waals surface area contributed by atoms with Crippen LogP contribution >= 0.6 is 11.6 Å². The zero-order chi connectivity index (χ0) is 13.1. The summed E-state index contributed by atoms with van der Waals surface area (Å²) in [5.74, 6) is 0. The average Bonchev–Trinajstić information content (AvgIpc) is 2.45. The minimum Gasteiger partial charge on any atom is -0.379 e. The van der Waals surface area contributed by atoms with Gasteiger partial charge in [0.05, 0.1) is 29.5 Å². The van der Waals surface area contributed by atoms with Gasteiger partial charge in [-0.2, -0.15) is 0 Å². The Labute approximate surface area is 116 Å². The number of nitrogens with one attached hydrogen (secondary N) is 1. The Bertz CT molecular complexity index is 712. The van der Waals surface area contributed by atoms with E-state index in [0.29, 0.717) is 6.54 Å². The number of hydrogen-bond acceptors (Lipinski definition) is 3. The van der Waals surface area contributed by atoms with Gasteiger partial charge in [-0.05, 0) is 30.3 Å². The number of fused-ring (bicyclic) bond motifs is 1. The molecule has 3 rings (SSSR count). The zero-order valence-corrected chi connectivity index (χ0v) is 10.9. The Balaban J connectivity index is 1.78. The number of para-hydroxylation sites is 2. The molecule has 19 heavy (non-hydrogen) atoms. The molecule has 0 unspecified atom stereocenters. The number of hydrogen-bond donors (Lipinski definition) is 1. The first-order valence-corrected chi connectivity index (χ1v) is 6.39. The number of benzene rings is 2. The highest BCUT2D eigenvalue weighted by atomic mass is 35.5. The third-order valence-corrected chi connectivity index (χ3v) is 3.03. The smallest absolute Gasteiger partial charge is 0.0890 e. The predicted octanol–water partition coefficient (Wildman–Crippen LogP) is 3.90. The predicted molar refractivity (Wildman–Crippen MR) is 78.3 cm³/mol. The summed E-state index contributed by atoms with van der Waals surface area (Å²) in [6, 6.07) is 15.5. The molecule has 0 saturated carbocycles. The summed E-state index contributed by atoms with van der Waals surface area (Å²) in [5, 5.41) is 4.00. The van der Waals surface area contributed by atoms with Gasteiger partial charge in [-0.1, -0.05) is 29.8 Å². The molecule has 0 atom stereocenters. The van der Waals surface area contributed by atoms with Crippen LogP contribution in [-0.4, -0.2) is 9.97 Å². The Morgan fingerprint density at radius 2 is 1.84 bits per heavy atom. The highest BCUT2D eigenvalue weighted by Crippen LogP contribution is 2.16. The van der Waals surface area contributed by atoms with Crippen LogP contribution in [0.15, 0.2) is 54.7 Å². The Kier molecular flexibility index (Phi) is 3.29. The number of halogens is 1. The lowest BCUT2D eigenvalue weighted by Crippen LogP contribution is -2.02. The van der Waals surface area contributed by atoms with E-state index in [1.165, 1.54) is 0 Å². The summed E-state index contributed by atoms with van der Waals surface area (Å²) in [6.45, 7) is 0.623. The Morgan fingerprint density at radius 1 is 1.00 bits per heavy atom. The summed E-state index contributed by atoms with van der Waals surface area (Å²) >= 11 is 5.94. The van der Waals surface area contributed by atoms with Gasteiger partial charge in [-0.25, -0.2) is 4.98 Å². The lowest BCUT2D eigenvalue weighted by Gasteiger charge is -2.06. The van der Waals surface area contributed by atoms with E-state index >= 15 is 0 Å². The molecule has 2 aromatic carbocycles. The standard InChI is InChI=1S/C15H12ClN3/c16-11-4-3-5-12(8-11)17-9-13-10-18-14-6-1-2-7-15(14)19-13/h1-8,10,17H,9H2. The quantitative estimate of drug-likeness (QED) is 0.784. The van der Waals surface area contributed by atoms with E-state index in [1.54, 1.807) is 6.20 Å². The van der Waals surface area contributed by atoms with Crippen molar-refractivity contribution < 1.29 is 0 Å².